The lowest BCUT2D eigenvalue weighted by Gasteiger charge is -2.33. The molecule has 0 radical (unpaired) electrons. The molecule has 0 bridgehead atoms. The van der Waals surface area contributed by atoms with Crippen molar-refractivity contribution in [2.45, 2.75) is 44.9 Å². The molecule has 1 aliphatic heterocycles. The number of hydrogen-bond acceptors (Lipinski definition) is 2. The van der Waals surface area contributed by atoms with E-state index >= 15 is 0 Å². The van der Waals surface area contributed by atoms with Gasteiger partial charge in [-0.2, -0.15) is 0 Å². The highest BCUT2D eigenvalue weighted by molar-refractivity contribution is 4.87. The van der Waals surface area contributed by atoms with Gasteiger partial charge in [0.15, 0.2) is 0 Å². The molecule has 1 heterocycles. The van der Waals surface area contributed by atoms with Gasteiger partial charge in [0.05, 0.1) is 0 Å². The molecule has 0 amide bonds. The van der Waals surface area contributed by atoms with Crippen LogP contribution in [0, 0.1) is 0 Å². The Morgan fingerprint density at radius 2 is 2.08 bits per heavy atom. The SMILES string of the molecule is CC(C)(C)N[C@H]1CCNC[C@@H]1F. The van der Waals surface area contributed by atoms with Crippen molar-refractivity contribution in [1.29, 1.82) is 0 Å². The largest absolute Gasteiger partial charge is 0.314 e. The number of alkyl halides is 1. The molecule has 2 nitrogen and oxygen atoms in total. The zero-order valence-corrected chi connectivity index (χ0v) is 8.15. The summed E-state index contributed by atoms with van der Waals surface area (Å²) >= 11 is 0. The minimum absolute atomic E-state index is 0.0202. The van der Waals surface area contributed by atoms with Gasteiger partial charge in [0.2, 0.25) is 0 Å². The summed E-state index contributed by atoms with van der Waals surface area (Å²) < 4.78 is 13.3. The van der Waals surface area contributed by atoms with E-state index in [0.717, 1.165) is 13.0 Å². The number of rotatable bonds is 1. The molecule has 0 aliphatic carbocycles. The lowest BCUT2D eigenvalue weighted by atomic mass is 10.00. The Kier molecular flexibility index (Phi) is 3.07. The van der Waals surface area contributed by atoms with Crippen molar-refractivity contribution in [1.82, 2.24) is 10.6 Å². The third-order valence-electron chi connectivity index (χ3n) is 2.03. The van der Waals surface area contributed by atoms with E-state index in [2.05, 4.69) is 31.4 Å². The Morgan fingerprint density at radius 1 is 1.42 bits per heavy atom. The van der Waals surface area contributed by atoms with Gasteiger partial charge in [-0.05, 0) is 33.7 Å². The van der Waals surface area contributed by atoms with E-state index in [4.69, 9.17) is 0 Å². The van der Waals surface area contributed by atoms with Crippen molar-refractivity contribution in [3.63, 3.8) is 0 Å². The van der Waals surface area contributed by atoms with Crippen LogP contribution in [0.2, 0.25) is 0 Å². The maximum Gasteiger partial charge on any atom is 0.128 e. The molecular formula is C9H19FN2. The third kappa shape index (κ3) is 3.07. The molecule has 12 heavy (non-hydrogen) atoms. The van der Waals surface area contributed by atoms with Crippen molar-refractivity contribution in [3.05, 3.63) is 0 Å². The van der Waals surface area contributed by atoms with E-state index in [-0.39, 0.29) is 11.6 Å². The van der Waals surface area contributed by atoms with Crippen LogP contribution in [0.3, 0.4) is 0 Å². The lowest BCUT2D eigenvalue weighted by Crippen LogP contribution is -2.54. The van der Waals surface area contributed by atoms with Gasteiger partial charge in [-0.25, -0.2) is 4.39 Å². The Bertz CT molecular complexity index is 142. The first kappa shape index (κ1) is 9.93. The summed E-state index contributed by atoms with van der Waals surface area (Å²) in [5, 5.41) is 6.33. The van der Waals surface area contributed by atoms with E-state index < -0.39 is 6.17 Å². The Hall–Kier alpha value is -0.150. The molecule has 72 valence electrons. The summed E-state index contributed by atoms with van der Waals surface area (Å²) in [4.78, 5) is 0. The molecule has 1 saturated heterocycles. The van der Waals surface area contributed by atoms with Crippen LogP contribution in [-0.4, -0.2) is 30.8 Å². The standard InChI is InChI=1S/C9H19FN2/c1-9(2,3)12-8-4-5-11-6-7(8)10/h7-8,11-12H,4-6H2,1-3H3/t7-,8-/m0/s1. The molecule has 2 atom stereocenters. The lowest BCUT2D eigenvalue weighted by molar-refractivity contribution is 0.176. The molecular weight excluding hydrogens is 155 g/mol. The van der Waals surface area contributed by atoms with Gasteiger partial charge in [-0.3, -0.25) is 0 Å². The minimum Gasteiger partial charge on any atom is -0.314 e. The quantitative estimate of drug-likeness (QED) is 0.621. The van der Waals surface area contributed by atoms with Crippen LogP contribution in [0.25, 0.3) is 0 Å². The van der Waals surface area contributed by atoms with Gasteiger partial charge in [-0.1, -0.05) is 0 Å². The zero-order valence-electron chi connectivity index (χ0n) is 8.15. The Balaban J connectivity index is 2.39. The summed E-state index contributed by atoms with van der Waals surface area (Å²) in [6.45, 7) is 7.63. The summed E-state index contributed by atoms with van der Waals surface area (Å²) in [7, 11) is 0. The molecule has 1 fully saturated rings. The molecule has 0 aromatic carbocycles. The predicted octanol–water partition coefficient (Wildman–Crippen LogP) is 1.07. The van der Waals surface area contributed by atoms with Gasteiger partial charge in [-0.15, -0.1) is 0 Å². The normalized spacial score (nSPS) is 32.0. The van der Waals surface area contributed by atoms with E-state index in [1.807, 2.05) is 0 Å². The van der Waals surface area contributed by atoms with E-state index in [9.17, 15) is 4.39 Å². The minimum atomic E-state index is -0.738. The Morgan fingerprint density at radius 3 is 2.58 bits per heavy atom. The molecule has 0 saturated carbocycles. The monoisotopic (exact) mass is 174 g/mol. The van der Waals surface area contributed by atoms with Crippen LogP contribution in [-0.2, 0) is 0 Å². The number of nitrogens with one attached hydrogen (secondary N) is 2. The molecule has 0 spiro atoms. The molecule has 1 rings (SSSR count). The summed E-state index contributed by atoms with van der Waals surface area (Å²) in [6, 6.07) is 0.0336. The summed E-state index contributed by atoms with van der Waals surface area (Å²) in [6.07, 6.45) is 0.149. The summed E-state index contributed by atoms with van der Waals surface area (Å²) in [5.41, 5.74) is 0.0202. The molecule has 2 N–H and O–H groups in total. The zero-order chi connectivity index (χ0) is 9.19. The van der Waals surface area contributed by atoms with E-state index in [0.29, 0.717) is 6.54 Å². The van der Waals surface area contributed by atoms with Gasteiger partial charge >= 0.3 is 0 Å². The average Bonchev–Trinajstić information content (AvgIpc) is 1.91. The van der Waals surface area contributed by atoms with Crippen LogP contribution >= 0.6 is 0 Å². The van der Waals surface area contributed by atoms with Gasteiger partial charge < -0.3 is 10.6 Å². The molecule has 1 aliphatic rings. The van der Waals surface area contributed by atoms with Crippen LogP contribution < -0.4 is 10.6 Å². The van der Waals surface area contributed by atoms with Crippen molar-refractivity contribution in [2.24, 2.45) is 0 Å². The number of halogens is 1. The van der Waals surface area contributed by atoms with E-state index in [1.165, 1.54) is 0 Å². The maximum absolute atomic E-state index is 13.3. The number of hydrogen-bond donors (Lipinski definition) is 2. The van der Waals surface area contributed by atoms with E-state index in [1.54, 1.807) is 0 Å². The van der Waals surface area contributed by atoms with Crippen molar-refractivity contribution in [2.75, 3.05) is 13.1 Å². The molecule has 0 aromatic rings. The van der Waals surface area contributed by atoms with Crippen molar-refractivity contribution < 1.29 is 4.39 Å². The molecule has 3 heteroatoms. The molecule has 0 unspecified atom stereocenters. The fraction of sp³-hybridized carbons (Fsp3) is 1.00. The van der Waals surface area contributed by atoms with Crippen LogP contribution in [0.1, 0.15) is 27.2 Å². The van der Waals surface area contributed by atoms with Crippen LogP contribution in [0.5, 0.6) is 0 Å². The van der Waals surface area contributed by atoms with Gasteiger partial charge in [0.25, 0.3) is 0 Å². The highest BCUT2D eigenvalue weighted by Gasteiger charge is 2.27. The average molecular weight is 174 g/mol. The number of piperidine rings is 1. The van der Waals surface area contributed by atoms with Crippen molar-refractivity contribution >= 4 is 0 Å². The van der Waals surface area contributed by atoms with Gasteiger partial charge in [0.1, 0.15) is 6.17 Å². The first-order valence-electron chi connectivity index (χ1n) is 4.61. The smallest absolute Gasteiger partial charge is 0.128 e. The molecule has 0 aromatic heterocycles. The second-order valence-electron chi connectivity index (χ2n) is 4.51. The van der Waals surface area contributed by atoms with Gasteiger partial charge in [0, 0.05) is 18.1 Å². The highest BCUT2D eigenvalue weighted by Crippen LogP contribution is 2.11. The fourth-order valence-corrected chi connectivity index (χ4v) is 1.54. The topological polar surface area (TPSA) is 24.1 Å². The first-order chi connectivity index (χ1) is 5.49. The second-order valence-corrected chi connectivity index (χ2v) is 4.51. The first-order valence-corrected chi connectivity index (χ1v) is 4.61. The predicted molar refractivity (Wildman–Crippen MR) is 49.1 cm³/mol. The third-order valence-corrected chi connectivity index (χ3v) is 2.03. The second kappa shape index (κ2) is 3.71. The highest BCUT2D eigenvalue weighted by atomic mass is 19.1. The summed E-state index contributed by atoms with van der Waals surface area (Å²) in [5.74, 6) is 0. The Labute approximate surface area is 73.9 Å². The maximum atomic E-state index is 13.3. The fourth-order valence-electron chi connectivity index (χ4n) is 1.54. The van der Waals surface area contributed by atoms with Crippen LogP contribution in [0.4, 0.5) is 4.39 Å². The van der Waals surface area contributed by atoms with Crippen LogP contribution in [0.15, 0.2) is 0 Å². The van der Waals surface area contributed by atoms with Crippen molar-refractivity contribution in [3.8, 4) is 0 Å².